The zero-order valence-corrected chi connectivity index (χ0v) is 10.2. The Hall–Kier alpha value is -2.48. The molecule has 100 valence electrons. The molecule has 0 fully saturated rings. The number of nitrogens with zero attached hydrogens (tertiary/aromatic N) is 3. The third-order valence-corrected chi connectivity index (χ3v) is 2.38. The minimum Gasteiger partial charge on any atom is -0.398 e. The summed E-state index contributed by atoms with van der Waals surface area (Å²) in [7, 11) is 0. The average Bonchev–Trinajstić information content (AvgIpc) is 2.85. The zero-order chi connectivity index (χ0) is 13.8. The largest absolute Gasteiger partial charge is 0.398 e. The Bertz CT molecular complexity index is 596. The average molecular weight is 264 g/mol. The van der Waals surface area contributed by atoms with Crippen LogP contribution < -0.4 is 5.73 Å². The number of hydrogen-bond donors (Lipinski definition) is 1. The second kappa shape index (κ2) is 5.44. The smallest absolute Gasteiger partial charge is 0.270 e. The molecule has 0 radical (unpaired) electrons. The zero-order valence-electron chi connectivity index (χ0n) is 10.2. The molecule has 0 aliphatic rings. The summed E-state index contributed by atoms with van der Waals surface area (Å²) in [6, 6.07) is 4.05. The fraction of sp³-hybridized carbons (Fsp3) is 0.273. The van der Waals surface area contributed by atoms with Gasteiger partial charge in [-0.2, -0.15) is 4.98 Å². The summed E-state index contributed by atoms with van der Waals surface area (Å²) in [6.45, 7) is 2.59. The van der Waals surface area contributed by atoms with E-state index in [1.807, 2.05) is 6.92 Å². The van der Waals surface area contributed by atoms with E-state index in [4.69, 9.17) is 15.0 Å². The van der Waals surface area contributed by atoms with Crippen molar-refractivity contribution >= 4 is 11.4 Å². The molecule has 0 amide bonds. The summed E-state index contributed by atoms with van der Waals surface area (Å²) >= 11 is 0. The van der Waals surface area contributed by atoms with Gasteiger partial charge in [0.15, 0.2) is 5.82 Å². The van der Waals surface area contributed by atoms with Crippen molar-refractivity contribution in [3.05, 3.63) is 34.1 Å². The maximum Gasteiger partial charge on any atom is 0.270 e. The highest BCUT2D eigenvalue weighted by atomic mass is 16.6. The number of anilines is 1. The lowest BCUT2D eigenvalue weighted by molar-refractivity contribution is -0.384. The van der Waals surface area contributed by atoms with Crippen molar-refractivity contribution < 1.29 is 14.2 Å². The van der Waals surface area contributed by atoms with Crippen LogP contribution in [0.4, 0.5) is 11.4 Å². The first-order valence-corrected chi connectivity index (χ1v) is 5.56. The van der Waals surface area contributed by atoms with Crippen molar-refractivity contribution in [2.75, 3.05) is 12.3 Å². The van der Waals surface area contributed by atoms with Gasteiger partial charge < -0.3 is 15.0 Å². The molecule has 0 aliphatic heterocycles. The number of ether oxygens (including phenoxy) is 1. The number of rotatable bonds is 5. The second-order valence-corrected chi connectivity index (χ2v) is 3.68. The van der Waals surface area contributed by atoms with E-state index in [-0.39, 0.29) is 18.2 Å². The highest BCUT2D eigenvalue weighted by Crippen LogP contribution is 2.28. The first-order chi connectivity index (χ1) is 9.11. The molecule has 0 bridgehead atoms. The van der Waals surface area contributed by atoms with Gasteiger partial charge in [-0.25, -0.2) is 0 Å². The Morgan fingerprint density at radius 1 is 1.53 bits per heavy atom. The molecule has 19 heavy (non-hydrogen) atoms. The molecule has 1 aromatic heterocycles. The van der Waals surface area contributed by atoms with Crippen LogP contribution in [0.25, 0.3) is 11.5 Å². The predicted molar refractivity (Wildman–Crippen MR) is 66.1 cm³/mol. The topological polar surface area (TPSA) is 117 Å². The maximum atomic E-state index is 10.7. The van der Waals surface area contributed by atoms with Gasteiger partial charge in [0, 0.05) is 24.4 Å². The predicted octanol–water partition coefficient (Wildman–Crippen LogP) is 1.76. The summed E-state index contributed by atoms with van der Waals surface area (Å²) in [4.78, 5) is 14.3. The summed E-state index contributed by atoms with van der Waals surface area (Å²) < 4.78 is 10.2. The molecule has 0 atom stereocenters. The molecule has 8 heteroatoms. The molecule has 0 saturated heterocycles. The van der Waals surface area contributed by atoms with Crippen molar-refractivity contribution in [1.29, 1.82) is 0 Å². The number of hydrogen-bond acceptors (Lipinski definition) is 7. The third-order valence-electron chi connectivity index (χ3n) is 2.38. The van der Waals surface area contributed by atoms with Crippen LogP contribution in [0, 0.1) is 10.1 Å². The number of aromatic nitrogens is 2. The van der Waals surface area contributed by atoms with Crippen LogP contribution in [0.15, 0.2) is 22.7 Å². The van der Waals surface area contributed by atoms with Crippen molar-refractivity contribution in [3.63, 3.8) is 0 Å². The van der Waals surface area contributed by atoms with Gasteiger partial charge in [-0.3, -0.25) is 10.1 Å². The van der Waals surface area contributed by atoms with E-state index in [0.29, 0.717) is 23.7 Å². The minimum atomic E-state index is -0.513. The first-order valence-electron chi connectivity index (χ1n) is 5.56. The van der Waals surface area contributed by atoms with E-state index in [9.17, 15) is 10.1 Å². The van der Waals surface area contributed by atoms with Crippen LogP contribution >= 0.6 is 0 Å². The first kappa shape index (κ1) is 13.0. The Labute approximate surface area is 108 Å². The lowest BCUT2D eigenvalue weighted by atomic mass is 10.1. The molecule has 1 aromatic carbocycles. The summed E-state index contributed by atoms with van der Waals surface area (Å²) in [5.74, 6) is 0.499. The second-order valence-electron chi connectivity index (χ2n) is 3.68. The van der Waals surface area contributed by atoms with Gasteiger partial charge in [-0.05, 0) is 13.0 Å². The van der Waals surface area contributed by atoms with E-state index in [0.717, 1.165) is 0 Å². The summed E-state index contributed by atoms with van der Waals surface area (Å²) in [6.07, 6.45) is 0. The standard InChI is InChI=1S/C11H12N4O4/c1-2-18-6-10-13-11(19-14-10)8-5-7(15(16)17)3-4-9(8)12/h3-5H,2,6,12H2,1H3. The van der Waals surface area contributed by atoms with Crippen LogP contribution in [0.1, 0.15) is 12.7 Å². The van der Waals surface area contributed by atoms with Gasteiger partial charge in [0.1, 0.15) is 6.61 Å². The van der Waals surface area contributed by atoms with Crippen LogP contribution in [-0.2, 0) is 11.3 Å². The van der Waals surface area contributed by atoms with Gasteiger partial charge in [0.05, 0.1) is 10.5 Å². The number of nitrogen functional groups attached to an aromatic ring is 1. The van der Waals surface area contributed by atoms with Crippen molar-refractivity contribution in [2.24, 2.45) is 0 Å². The van der Waals surface area contributed by atoms with E-state index in [2.05, 4.69) is 10.1 Å². The molecular formula is C11H12N4O4. The number of nitrogens with two attached hydrogens (primary N) is 1. The molecule has 2 N–H and O–H groups in total. The van der Waals surface area contributed by atoms with Gasteiger partial charge in [0.25, 0.3) is 11.6 Å². The number of non-ortho nitro benzene ring substituents is 1. The highest BCUT2D eigenvalue weighted by molar-refractivity contribution is 5.73. The molecule has 2 aromatic rings. The Balaban J connectivity index is 2.32. The lowest BCUT2D eigenvalue weighted by Gasteiger charge is -1.99. The number of nitro benzene ring substituents is 1. The molecular weight excluding hydrogens is 252 g/mol. The van der Waals surface area contributed by atoms with Gasteiger partial charge >= 0.3 is 0 Å². The molecule has 0 saturated carbocycles. The summed E-state index contributed by atoms with van der Waals surface area (Å²) in [5.41, 5.74) is 6.33. The quantitative estimate of drug-likeness (QED) is 0.496. The van der Waals surface area contributed by atoms with Crippen LogP contribution in [0.5, 0.6) is 0 Å². The Kier molecular flexibility index (Phi) is 3.71. The fourth-order valence-electron chi connectivity index (χ4n) is 1.46. The van der Waals surface area contributed by atoms with Gasteiger partial charge in [0.2, 0.25) is 0 Å². The van der Waals surface area contributed by atoms with Gasteiger partial charge in [-0.1, -0.05) is 5.16 Å². The molecule has 0 aliphatic carbocycles. The molecule has 2 rings (SSSR count). The monoisotopic (exact) mass is 264 g/mol. The molecule has 1 heterocycles. The van der Waals surface area contributed by atoms with Crippen molar-refractivity contribution in [1.82, 2.24) is 10.1 Å². The SMILES string of the molecule is CCOCc1noc(-c2cc([N+](=O)[O-])ccc2N)n1. The number of benzene rings is 1. The normalized spacial score (nSPS) is 10.6. The lowest BCUT2D eigenvalue weighted by Crippen LogP contribution is -1.95. The minimum absolute atomic E-state index is 0.0891. The Morgan fingerprint density at radius 3 is 3.00 bits per heavy atom. The highest BCUT2D eigenvalue weighted by Gasteiger charge is 2.16. The van der Waals surface area contributed by atoms with Crippen LogP contribution in [-0.4, -0.2) is 21.7 Å². The Morgan fingerprint density at radius 2 is 2.32 bits per heavy atom. The van der Waals surface area contributed by atoms with Gasteiger partial charge in [-0.15, -0.1) is 0 Å². The van der Waals surface area contributed by atoms with E-state index < -0.39 is 4.92 Å². The summed E-state index contributed by atoms with van der Waals surface area (Å²) in [5, 5.41) is 14.4. The maximum absolute atomic E-state index is 10.7. The molecule has 0 unspecified atom stereocenters. The van der Waals surface area contributed by atoms with E-state index >= 15 is 0 Å². The molecule has 8 nitrogen and oxygen atoms in total. The van der Waals surface area contributed by atoms with Crippen LogP contribution in [0.3, 0.4) is 0 Å². The number of nitro groups is 1. The van der Waals surface area contributed by atoms with E-state index in [1.165, 1.54) is 18.2 Å². The van der Waals surface area contributed by atoms with Crippen molar-refractivity contribution in [3.8, 4) is 11.5 Å². The van der Waals surface area contributed by atoms with Crippen LogP contribution in [0.2, 0.25) is 0 Å². The van der Waals surface area contributed by atoms with Crippen molar-refractivity contribution in [2.45, 2.75) is 13.5 Å². The molecule has 0 spiro atoms. The fourth-order valence-corrected chi connectivity index (χ4v) is 1.46. The van der Waals surface area contributed by atoms with E-state index in [1.54, 1.807) is 0 Å². The third kappa shape index (κ3) is 2.86.